The minimum atomic E-state index is -0.587. The maximum atomic E-state index is 12.6. The Kier molecular flexibility index (Phi) is 12.2. The van der Waals surface area contributed by atoms with E-state index in [1.807, 2.05) is 109 Å². The molecular formula is C42H43N3O5S. The van der Waals surface area contributed by atoms with Crippen molar-refractivity contribution in [3.05, 3.63) is 155 Å². The van der Waals surface area contributed by atoms with Gasteiger partial charge in [-0.15, -0.1) is 11.8 Å². The van der Waals surface area contributed by atoms with Gasteiger partial charge in [-0.05, 0) is 57.6 Å². The van der Waals surface area contributed by atoms with Crippen LogP contribution in [0.2, 0.25) is 0 Å². The Morgan fingerprint density at radius 2 is 1.39 bits per heavy atom. The van der Waals surface area contributed by atoms with Crippen LogP contribution in [0, 0.1) is 5.92 Å². The van der Waals surface area contributed by atoms with Crippen LogP contribution >= 0.6 is 11.8 Å². The van der Waals surface area contributed by atoms with Gasteiger partial charge in [0.2, 0.25) is 5.91 Å². The second-order valence-corrected chi connectivity index (χ2v) is 13.7. The molecule has 1 aliphatic heterocycles. The van der Waals surface area contributed by atoms with E-state index in [0.717, 1.165) is 49.5 Å². The molecule has 5 aromatic carbocycles. The molecule has 1 aliphatic rings. The van der Waals surface area contributed by atoms with E-state index in [1.54, 1.807) is 11.8 Å². The van der Waals surface area contributed by atoms with Gasteiger partial charge < -0.3 is 30.5 Å². The molecule has 1 heterocycles. The second-order valence-electron chi connectivity index (χ2n) is 12.6. The number of hydrogen-bond donors (Lipinski definition) is 4. The van der Waals surface area contributed by atoms with E-state index in [-0.39, 0.29) is 36.7 Å². The van der Waals surface area contributed by atoms with E-state index in [9.17, 15) is 14.7 Å². The molecule has 0 radical (unpaired) electrons. The van der Waals surface area contributed by atoms with Crippen molar-refractivity contribution in [1.29, 1.82) is 0 Å². The molecule has 5 aromatic rings. The fraction of sp³-hybridized carbons (Fsp3) is 0.238. The van der Waals surface area contributed by atoms with Crippen LogP contribution < -0.4 is 16.0 Å². The molecule has 1 saturated heterocycles. The average Bonchev–Trinajstić information content (AvgIpc) is 3.17. The highest BCUT2D eigenvalue weighted by Crippen LogP contribution is 2.43. The number of benzene rings is 5. The molecule has 4 unspecified atom stereocenters. The molecule has 6 rings (SSSR count). The zero-order valence-electron chi connectivity index (χ0n) is 28.8. The van der Waals surface area contributed by atoms with Crippen molar-refractivity contribution in [2.75, 3.05) is 11.1 Å². The topological polar surface area (TPSA) is 109 Å². The molecule has 4 N–H and O–H groups in total. The van der Waals surface area contributed by atoms with Crippen LogP contribution in [0.1, 0.15) is 54.1 Å². The number of urea groups is 1. The summed E-state index contributed by atoms with van der Waals surface area (Å²) in [7, 11) is 0. The lowest BCUT2D eigenvalue weighted by atomic mass is 9.91. The number of carbonyl (C=O) groups is 2. The number of rotatable bonds is 12. The third kappa shape index (κ3) is 9.65. The second kappa shape index (κ2) is 17.3. The predicted octanol–water partition coefficient (Wildman–Crippen LogP) is 8.39. The number of anilines is 1. The van der Waals surface area contributed by atoms with Gasteiger partial charge in [-0.3, -0.25) is 4.79 Å². The summed E-state index contributed by atoms with van der Waals surface area (Å²) in [6, 6.07) is 41.6. The quantitative estimate of drug-likeness (QED) is 0.0974. The summed E-state index contributed by atoms with van der Waals surface area (Å²) in [6.07, 6.45) is -0.926. The number of carbonyl (C=O) groups excluding carboxylic acids is 2. The highest BCUT2D eigenvalue weighted by molar-refractivity contribution is 7.99. The number of amides is 3. The summed E-state index contributed by atoms with van der Waals surface area (Å²) in [5, 5.41) is 18.3. The molecule has 0 aliphatic carbocycles. The van der Waals surface area contributed by atoms with E-state index in [4.69, 9.17) is 9.47 Å². The zero-order valence-corrected chi connectivity index (χ0v) is 29.6. The van der Waals surface area contributed by atoms with E-state index in [0.29, 0.717) is 18.8 Å². The van der Waals surface area contributed by atoms with Crippen molar-refractivity contribution in [1.82, 2.24) is 10.6 Å². The molecule has 9 heteroatoms. The monoisotopic (exact) mass is 701 g/mol. The van der Waals surface area contributed by atoms with Gasteiger partial charge in [-0.1, -0.05) is 110 Å². The van der Waals surface area contributed by atoms with Crippen molar-refractivity contribution < 1.29 is 24.2 Å². The molecule has 0 saturated carbocycles. The van der Waals surface area contributed by atoms with Crippen LogP contribution in [-0.2, 0) is 34.0 Å². The lowest BCUT2D eigenvalue weighted by Crippen LogP contribution is -2.38. The molecule has 51 heavy (non-hydrogen) atoms. The molecule has 8 nitrogen and oxygen atoms in total. The van der Waals surface area contributed by atoms with Gasteiger partial charge >= 0.3 is 6.03 Å². The summed E-state index contributed by atoms with van der Waals surface area (Å²) < 4.78 is 13.4. The summed E-state index contributed by atoms with van der Waals surface area (Å²) >= 11 is 1.71. The Bertz CT molecular complexity index is 1890. The first-order chi connectivity index (χ1) is 24.9. The SMILES string of the molecule is CC(=O)Nc1ccc(SCC2OC(c3ccc(-c4ccccc4CNC(=O)NCc4ccccc4)cc3)OC(c3ccc(CO)cc3)C2C)cc1. The maximum absolute atomic E-state index is 12.6. The third-order valence-electron chi connectivity index (χ3n) is 8.96. The van der Waals surface area contributed by atoms with Crippen molar-refractivity contribution in [2.45, 2.75) is 56.9 Å². The van der Waals surface area contributed by atoms with E-state index < -0.39 is 6.29 Å². The Balaban J connectivity index is 1.16. The predicted molar refractivity (Wildman–Crippen MR) is 202 cm³/mol. The number of ether oxygens (including phenoxy) is 2. The Hall–Kier alpha value is -4.93. The fourth-order valence-corrected chi connectivity index (χ4v) is 7.19. The van der Waals surface area contributed by atoms with Crippen LogP contribution in [0.3, 0.4) is 0 Å². The van der Waals surface area contributed by atoms with E-state index in [2.05, 4.69) is 41.1 Å². The van der Waals surface area contributed by atoms with Gasteiger partial charge in [-0.2, -0.15) is 0 Å². The van der Waals surface area contributed by atoms with Crippen LogP contribution in [0.15, 0.2) is 132 Å². The fourth-order valence-electron chi connectivity index (χ4n) is 6.12. The van der Waals surface area contributed by atoms with Gasteiger partial charge in [0.1, 0.15) is 0 Å². The summed E-state index contributed by atoms with van der Waals surface area (Å²) in [5.74, 6) is 0.664. The van der Waals surface area contributed by atoms with Crippen molar-refractivity contribution >= 4 is 29.4 Å². The first kappa shape index (κ1) is 35.9. The van der Waals surface area contributed by atoms with Gasteiger partial charge in [0, 0.05) is 47.8 Å². The Morgan fingerprint density at radius 1 is 0.725 bits per heavy atom. The molecule has 1 fully saturated rings. The van der Waals surface area contributed by atoms with E-state index >= 15 is 0 Å². The van der Waals surface area contributed by atoms with Crippen molar-refractivity contribution in [3.63, 3.8) is 0 Å². The summed E-state index contributed by atoms with van der Waals surface area (Å²) in [5.41, 5.74) is 7.67. The summed E-state index contributed by atoms with van der Waals surface area (Å²) in [6.45, 7) is 4.48. The lowest BCUT2D eigenvalue weighted by molar-refractivity contribution is -0.268. The lowest BCUT2D eigenvalue weighted by Gasteiger charge is -2.41. The number of hydrogen-bond acceptors (Lipinski definition) is 6. The van der Waals surface area contributed by atoms with Crippen LogP contribution in [0.5, 0.6) is 0 Å². The number of aliphatic hydroxyl groups is 1. The standard InChI is InChI=1S/C42H43N3O5S/c1-28-39(27-51-37-22-20-36(21-23-37)45-29(2)47)49-41(50-40(28)33-14-12-31(26-46)13-15-33)34-18-16-32(17-19-34)38-11-7-6-10-35(38)25-44-42(48)43-24-30-8-4-3-5-9-30/h3-23,28,39-41,46H,24-27H2,1-2H3,(H,45,47)(H2,43,44,48). The molecule has 0 spiro atoms. The van der Waals surface area contributed by atoms with Gasteiger partial charge in [0.15, 0.2) is 6.29 Å². The first-order valence-electron chi connectivity index (χ1n) is 17.1. The highest BCUT2D eigenvalue weighted by Gasteiger charge is 2.38. The minimum absolute atomic E-state index is 0.0138. The molecule has 0 bridgehead atoms. The third-order valence-corrected chi connectivity index (χ3v) is 10.1. The summed E-state index contributed by atoms with van der Waals surface area (Å²) in [4.78, 5) is 25.1. The van der Waals surface area contributed by atoms with E-state index in [1.165, 1.54) is 6.92 Å². The van der Waals surface area contributed by atoms with Crippen molar-refractivity contribution in [2.24, 2.45) is 5.92 Å². The van der Waals surface area contributed by atoms with Crippen LogP contribution in [-0.4, -0.2) is 28.9 Å². The smallest absolute Gasteiger partial charge is 0.315 e. The first-order valence-corrected chi connectivity index (χ1v) is 18.1. The average molecular weight is 702 g/mol. The normalized spacial score (nSPS) is 18.5. The van der Waals surface area contributed by atoms with Crippen LogP contribution in [0.4, 0.5) is 10.5 Å². The zero-order chi connectivity index (χ0) is 35.6. The molecule has 3 amide bonds. The minimum Gasteiger partial charge on any atom is -0.392 e. The van der Waals surface area contributed by atoms with Gasteiger partial charge in [0.25, 0.3) is 0 Å². The Labute approximate surface area is 303 Å². The largest absolute Gasteiger partial charge is 0.392 e. The van der Waals surface area contributed by atoms with Crippen LogP contribution in [0.25, 0.3) is 11.1 Å². The number of aliphatic hydroxyl groups excluding tert-OH is 1. The molecule has 262 valence electrons. The number of thioether (sulfide) groups is 1. The Morgan fingerprint density at radius 3 is 2.10 bits per heavy atom. The van der Waals surface area contributed by atoms with Gasteiger partial charge in [0.05, 0.1) is 18.8 Å². The number of nitrogens with one attached hydrogen (secondary N) is 3. The van der Waals surface area contributed by atoms with Gasteiger partial charge in [-0.25, -0.2) is 4.79 Å². The highest BCUT2D eigenvalue weighted by atomic mass is 32.2. The van der Waals surface area contributed by atoms with Crippen molar-refractivity contribution in [3.8, 4) is 11.1 Å². The molecule has 4 atom stereocenters. The molecule has 0 aromatic heterocycles. The molecular weight excluding hydrogens is 659 g/mol. The maximum Gasteiger partial charge on any atom is 0.315 e.